The molecule has 5 heteroatoms. The van der Waals surface area contributed by atoms with Gasteiger partial charge in [-0.15, -0.1) is 0 Å². The molecule has 4 nitrogen and oxygen atoms in total. The van der Waals surface area contributed by atoms with Gasteiger partial charge in [0.1, 0.15) is 5.82 Å². The summed E-state index contributed by atoms with van der Waals surface area (Å²) >= 11 is 0. The molecule has 2 fully saturated rings. The highest BCUT2D eigenvalue weighted by Gasteiger charge is 2.33. The maximum atomic E-state index is 13.7. The van der Waals surface area contributed by atoms with Gasteiger partial charge in [0.15, 0.2) is 0 Å². The van der Waals surface area contributed by atoms with Gasteiger partial charge >= 0.3 is 6.09 Å². The Balaban J connectivity index is 1.40. The molecular weight excluding hydrogens is 331 g/mol. The zero-order chi connectivity index (χ0) is 17.9. The number of ether oxygens (including phenoxy) is 1. The van der Waals surface area contributed by atoms with Crippen molar-refractivity contribution >= 4 is 11.8 Å². The standard InChI is InChI=1S/C21H23FN2O2/c22-16-6-9-19(15-4-2-1-3-5-15)20(12-16)24-21(25)26-13-14-10-17-7-8-18(11-14)23-17/h1-6,9,12,14,17-18,23H,7-8,10-11,13H2,(H,24,25). The third-order valence-electron chi connectivity index (χ3n) is 5.32. The zero-order valence-electron chi connectivity index (χ0n) is 14.6. The van der Waals surface area contributed by atoms with Gasteiger partial charge in [-0.1, -0.05) is 30.3 Å². The smallest absolute Gasteiger partial charge is 0.411 e. The van der Waals surface area contributed by atoms with Crippen molar-refractivity contribution in [2.24, 2.45) is 5.92 Å². The van der Waals surface area contributed by atoms with Crippen LogP contribution in [0.4, 0.5) is 14.9 Å². The quantitative estimate of drug-likeness (QED) is 0.845. The summed E-state index contributed by atoms with van der Waals surface area (Å²) in [6, 6.07) is 15.1. The number of piperidine rings is 1. The summed E-state index contributed by atoms with van der Waals surface area (Å²) in [4.78, 5) is 12.3. The van der Waals surface area contributed by atoms with E-state index in [0.29, 0.717) is 30.3 Å². The molecule has 2 aliphatic rings. The van der Waals surface area contributed by atoms with Crippen LogP contribution >= 0.6 is 0 Å². The minimum atomic E-state index is -0.529. The predicted octanol–water partition coefficient (Wildman–Crippen LogP) is 4.57. The van der Waals surface area contributed by atoms with Crippen LogP contribution in [-0.4, -0.2) is 24.8 Å². The number of carbonyl (C=O) groups is 1. The first-order valence-corrected chi connectivity index (χ1v) is 9.22. The van der Waals surface area contributed by atoms with E-state index in [0.717, 1.165) is 24.0 Å². The van der Waals surface area contributed by atoms with E-state index in [-0.39, 0.29) is 0 Å². The van der Waals surface area contributed by atoms with E-state index in [1.807, 2.05) is 30.3 Å². The van der Waals surface area contributed by atoms with Crippen molar-refractivity contribution < 1.29 is 13.9 Å². The van der Waals surface area contributed by atoms with Crippen LogP contribution in [0, 0.1) is 11.7 Å². The summed E-state index contributed by atoms with van der Waals surface area (Å²) in [5, 5.41) is 6.29. The van der Waals surface area contributed by atoms with E-state index < -0.39 is 11.9 Å². The SMILES string of the molecule is O=C(Nc1cc(F)ccc1-c1ccccc1)OCC1CC2CCC(C1)N2. The van der Waals surface area contributed by atoms with E-state index in [4.69, 9.17) is 4.74 Å². The molecule has 2 atom stereocenters. The minimum Gasteiger partial charge on any atom is -0.449 e. The molecule has 0 radical (unpaired) electrons. The number of benzene rings is 2. The van der Waals surface area contributed by atoms with Crippen LogP contribution in [0.25, 0.3) is 11.1 Å². The van der Waals surface area contributed by atoms with Gasteiger partial charge in [-0.2, -0.15) is 0 Å². The number of amides is 1. The average Bonchev–Trinajstić information content (AvgIpc) is 2.99. The first-order valence-electron chi connectivity index (χ1n) is 9.22. The summed E-state index contributed by atoms with van der Waals surface area (Å²) in [5.41, 5.74) is 2.10. The van der Waals surface area contributed by atoms with Gasteiger partial charge in [0.25, 0.3) is 0 Å². The molecule has 1 amide bonds. The number of hydrogen-bond donors (Lipinski definition) is 2. The fourth-order valence-electron chi connectivity index (χ4n) is 4.14. The number of anilines is 1. The molecule has 0 aromatic heterocycles. The molecule has 0 aliphatic carbocycles. The first kappa shape index (κ1) is 17.0. The van der Waals surface area contributed by atoms with Crippen molar-refractivity contribution in [2.75, 3.05) is 11.9 Å². The Morgan fingerprint density at radius 3 is 2.58 bits per heavy atom. The maximum absolute atomic E-state index is 13.7. The highest BCUT2D eigenvalue weighted by Crippen LogP contribution is 2.31. The van der Waals surface area contributed by atoms with E-state index in [1.165, 1.54) is 25.0 Å². The van der Waals surface area contributed by atoms with E-state index in [1.54, 1.807) is 6.07 Å². The second-order valence-electron chi connectivity index (χ2n) is 7.25. The van der Waals surface area contributed by atoms with Gasteiger partial charge in [0.2, 0.25) is 0 Å². The molecule has 2 saturated heterocycles. The number of hydrogen-bond acceptors (Lipinski definition) is 3. The monoisotopic (exact) mass is 354 g/mol. The lowest BCUT2D eigenvalue weighted by atomic mass is 9.93. The van der Waals surface area contributed by atoms with E-state index in [9.17, 15) is 9.18 Å². The van der Waals surface area contributed by atoms with Gasteiger partial charge in [-0.3, -0.25) is 5.32 Å². The van der Waals surface area contributed by atoms with Crippen molar-refractivity contribution in [1.82, 2.24) is 5.32 Å². The maximum Gasteiger partial charge on any atom is 0.411 e. The summed E-state index contributed by atoms with van der Waals surface area (Å²) in [6.45, 7) is 0.413. The van der Waals surface area contributed by atoms with Crippen LogP contribution in [0.2, 0.25) is 0 Å². The highest BCUT2D eigenvalue weighted by atomic mass is 19.1. The largest absolute Gasteiger partial charge is 0.449 e. The van der Waals surface area contributed by atoms with Gasteiger partial charge < -0.3 is 10.1 Å². The Hall–Kier alpha value is -2.40. The molecule has 2 aromatic rings. The molecule has 4 rings (SSSR count). The lowest BCUT2D eigenvalue weighted by Gasteiger charge is -2.28. The molecule has 2 aromatic carbocycles. The molecule has 0 spiro atoms. The fourth-order valence-corrected chi connectivity index (χ4v) is 4.14. The Bertz CT molecular complexity index is 769. The molecule has 2 unspecified atom stereocenters. The second kappa shape index (κ2) is 7.46. The third kappa shape index (κ3) is 3.88. The Labute approximate surface area is 152 Å². The third-order valence-corrected chi connectivity index (χ3v) is 5.32. The zero-order valence-corrected chi connectivity index (χ0v) is 14.6. The number of nitrogens with one attached hydrogen (secondary N) is 2. The fraction of sp³-hybridized carbons (Fsp3) is 0.381. The first-order chi connectivity index (χ1) is 12.7. The summed E-state index contributed by atoms with van der Waals surface area (Å²) in [7, 11) is 0. The van der Waals surface area contributed by atoms with E-state index >= 15 is 0 Å². The van der Waals surface area contributed by atoms with Crippen LogP contribution in [0.15, 0.2) is 48.5 Å². The second-order valence-corrected chi connectivity index (χ2v) is 7.25. The molecule has 0 saturated carbocycles. The number of carbonyl (C=O) groups excluding carboxylic acids is 1. The Morgan fingerprint density at radius 1 is 1.12 bits per heavy atom. The molecule has 26 heavy (non-hydrogen) atoms. The Morgan fingerprint density at radius 2 is 1.85 bits per heavy atom. The highest BCUT2D eigenvalue weighted by molar-refractivity contribution is 5.91. The number of halogens is 1. The lowest BCUT2D eigenvalue weighted by Crippen LogP contribution is -2.39. The van der Waals surface area contributed by atoms with Crippen molar-refractivity contribution in [2.45, 2.75) is 37.8 Å². The summed E-state index contributed by atoms with van der Waals surface area (Å²) in [5.74, 6) is 0.00974. The number of fused-ring (bicyclic) bond motifs is 2. The molecule has 136 valence electrons. The molecular formula is C21H23FN2O2. The van der Waals surface area contributed by atoms with Crippen molar-refractivity contribution in [3.8, 4) is 11.1 Å². The van der Waals surface area contributed by atoms with Crippen LogP contribution in [0.1, 0.15) is 25.7 Å². The topological polar surface area (TPSA) is 50.4 Å². The molecule has 2 N–H and O–H groups in total. The van der Waals surface area contributed by atoms with Gasteiger partial charge in [0, 0.05) is 17.6 Å². The summed E-state index contributed by atoms with van der Waals surface area (Å²) in [6.07, 6.45) is 4.02. The molecule has 2 heterocycles. The van der Waals surface area contributed by atoms with Gasteiger partial charge in [-0.05, 0) is 55.4 Å². The average molecular weight is 354 g/mol. The number of rotatable bonds is 4. The van der Waals surface area contributed by atoms with Gasteiger partial charge in [-0.25, -0.2) is 9.18 Å². The minimum absolute atomic E-state index is 0.394. The van der Waals surface area contributed by atoms with Crippen LogP contribution in [-0.2, 0) is 4.74 Å². The Kier molecular flexibility index (Phi) is 4.89. The van der Waals surface area contributed by atoms with Crippen molar-refractivity contribution in [3.63, 3.8) is 0 Å². The van der Waals surface area contributed by atoms with Crippen LogP contribution in [0.3, 0.4) is 0 Å². The van der Waals surface area contributed by atoms with Crippen LogP contribution < -0.4 is 10.6 Å². The summed E-state index contributed by atoms with van der Waals surface area (Å²) < 4.78 is 19.1. The lowest BCUT2D eigenvalue weighted by molar-refractivity contribution is 0.122. The normalized spacial score (nSPS) is 24.3. The van der Waals surface area contributed by atoms with Crippen molar-refractivity contribution in [3.05, 3.63) is 54.3 Å². The predicted molar refractivity (Wildman–Crippen MR) is 99.5 cm³/mol. The van der Waals surface area contributed by atoms with Gasteiger partial charge in [0.05, 0.1) is 12.3 Å². The van der Waals surface area contributed by atoms with Crippen LogP contribution in [0.5, 0.6) is 0 Å². The molecule has 2 aliphatic heterocycles. The molecule has 2 bridgehead atoms. The van der Waals surface area contributed by atoms with Crippen molar-refractivity contribution in [1.29, 1.82) is 0 Å². The van der Waals surface area contributed by atoms with E-state index in [2.05, 4.69) is 10.6 Å².